The molecule has 3 nitrogen and oxygen atoms in total. The van der Waals surface area contributed by atoms with E-state index in [2.05, 4.69) is 236 Å². The molecule has 2 heterocycles. The lowest BCUT2D eigenvalue weighted by atomic mass is 9.87. The van der Waals surface area contributed by atoms with Gasteiger partial charge in [-0.1, -0.05) is 185 Å². The summed E-state index contributed by atoms with van der Waals surface area (Å²) in [5, 5.41) is 9.79. The summed E-state index contributed by atoms with van der Waals surface area (Å²) >= 11 is 0. The molecule has 0 aliphatic heterocycles. The molecule has 10 aromatic carbocycles. The van der Waals surface area contributed by atoms with Gasteiger partial charge in [-0.15, -0.1) is 0 Å². The number of hydrogen-bond acceptors (Lipinski definition) is 1. The van der Waals surface area contributed by atoms with E-state index >= 15 is 0 Å². The zero-order chi connectivity index (χ0) is 41.5. The Morgan fingerprint density at radius 3 is 1.53 bits per heavy atom. The molecule has 0 spiro atoms. The first kappa shape index (κ1) is 36.1. The van der Waals surface area contributed by atoms with Crippen LogP contribution in [-0.2, 0) is 5.41 Å². The van der Waals surface area contributed by atoms with Crippen LogP contribution in [0.2, 0.25) is 0 Å². The van der Waals surface area contributed by atoms with Crippen molar-refractivity contribution in [2.75, 3.05) is 0 Å². The van der Waals surface area contributed by atoms with Gasteiger partial charge < -0.3 is 4.57 Å². The summed E-state index contributed by atoms with van der Waals surface area (Å²) in [6.45, 7) is 6.80. The second-order valence-corrected chi connectivity index (χ2v) is 17.6. The van der Waals surface area contributed by atoms with Crippen molar-refractivity contribution in [1.29, 1.82) is 0 Å². The van der Waals surface area contributed by atoms with Gasteiger partial charge in [-0.05, 0) is 97.2 Å². The molecule has 0 amide bonds. The van der Waals surface area contributed by atoms with Gasteiger partial charge in [0.25, 0.3) is 0 Å². The number of nitrogens with zero attached hydrogens (tertiary/aromatic N) is 3. The fourth-order valence-corrected chi connectivity index (χ4v) is 9.86. The Balaban J connectivity index is 0.994. The molecule has 3 heteroatoms. The van der Waals surface area contributed by atoms with Gasteiger partial charge in [-0.25, -0.2) is 4.98 Å². The van der Waals surface area contributed by atoms with Crippen molar-refractivity contribution in [3.8, 4) is 45.0 Å². The van der Waals surface area contributed by atoms with Crippen LogP contribution in [0.25, 0.3) is 110 Å². The van der Waals surface area contributed by atoms with Crippen LogP contribution in [0.1, 0.15) is 26.3 Å². The van der Waals surface area contributed by atoms with Crippen LogP contribution in [0.5, 0.6) is 0 Å². The molecule has 0 bridgehead atoms. The average molecular weight is 794 g/mol. The minimum Gasteiger partial charge on any atom is -0.309 e. The molecule has 2 aromatic heterocycles. The average Bonchev–Trinajstić information content (AvgIpc) is 3.89. The first-order valence-electron chi connectivity index (χ1n) is 21.6. The Morgan fingerprint density at radius 2 is 0.855 bits per heavy atom. The molecule has 12 aromatic rings. The molecule has 62 heavy (non-hydrogen) atoms. The third-order valence-electron chi connectivity index (χ3n) is 12.9. The van der Waals surface area contributed by atoms with Crippen LogP contribution in [0.3, 0.4) is 0 Å². The smallest absolute Gasteiger partial charge is 0.145 e. The Labute approximate surface area is 360 Å². The first-order chi connectivity index (χ1) is 30.4. The molecule has 0 aliphatic rings. The minimum atomic E-state index is 0.0529. The van der Waals surface area contributed by atoms with Crippen molar-refractivity contribution < 1.29 is 0 Å². The maximum atomic E-state index is 5.53. The Kier molecular flexibility index (Phi) is 8.10. The highest BCUT2D eigenvalue weighted by molar-refractivity contribution is 6.24. The van der Waals surface area contributed by atoms with Gasteiger partial charge >= 0.3 is 0 Å². The van der Waals surface area contributed by atoms with Crippen molar-refractivity contribution in [3.63, 3.8) is 0 Å². The molecule has 0 radical (unpaired) electrons. The summed E-state index contributed by atoms with van der Waals surface area (Å²) in [5.74, 6) is 0.931. The van der Waals surface area contributed by atoms with Crippen molar-refractivity contribution in [2.45, 2.75) is 26.2 Å². The first-order valence-corrected chi connectivity index (χ1v) is 21.6. The summed E-state index contributed by atoms with van der Waals surface area (Å²) in [4.78, 5) is 5.53. The van der Waals surface area contributed by atoms with Gasteiger partial charge in [0.05, 0.1) is 22.1 Å². The van der Waals surface area contributed by atoms with Crippen molar-refractivity contribution in [3.05, 3.63) is 212 Å². The second-order valence-electron chi connectivity index (χ2n) is 17.6. The van der Waals surface area contributed by atoms with Crippen LogP contribution in [-0.4, -0.2) is 14.1 Å². The lowest BCUT2D eigenvalue weighted by Gasteiger charge is -2.20. The van der Waals surface area contributed by atoms with Gasteiger partial charge in [0, 0.05) is 38.5 Å². The number of benzene rings is 10. The number of imidazole rings is 1. The molecule has 0 fully saturated rings. The minimum absolute atomic E-state index is 0.0529. The van der Waals surface area contributed by atoms with Crippen LogP contribution < -0.4 is 0 Å². The Hall–Kier alpha value is -7.75. The third-order valence-corrected chi connectivity index (χ3v) is 12.9. The maximum Gasteiger partial charge on any atom is 0.145 e. The monoisotopic (exact) mass is 793 g/mol. The fourth-order valence-electron chi connectivity index (χ4n) is 9.86. The molecule has 0 saturated heterocycles. The van der Waals surface area contributed by atoms with E-state index < -0.39 is 0 Å². The molecule has 0 N–H and O–H groups in total. The normalized spacial score (nSPS) is 12.1. The largest absolute Gasteiger partial charge is 0.309 e. The molecular weight excluding hydrogens is 751 g/mol. The highest BCUT2D eigenvalue weighted by atomic mass is 15.1. The van der Waals surface area contributed by atoms with Crippen LogP contribution in [0.4, 0.5) is 0 Å². The lowest BCUT2D eigenvalue weighted by molar-refractivity contribution is 0.590. The van der Waals surface area contributed by atoms with E-state index in [1.165, 1.54) is 82.2 Å². The topological polar surface area (TPSA) is 22.8 Å². The maximum absolute atomic E-state index is 5.53. The van der Waals surface area contributed by atoms with Crippen molar-refractivity contribution >= 4 is 65.2 Å². The van der Waals surface area contributed by atoms with E-state index in [-0.39, 0.29) is 5.41 Å². The van der Waals surface area contributed by atoms with Crippen LogP contribution in [0, 0.1) is 0 Å². The zero-order valence-corrected chi connectivity index (χ0v) is 35.0. The predicted octanol–water partition coefficient (Wildman–Crippen LogP) is 15.9. The summed E-state index contributed by atoms with van der Waals surface area (Å²) in [5.41, 5.74) is 14.1. The molecular formula is C59H43N3. The van der Waals surface area contributed by atoms with Crippen molar-refractivity contribution in [2.24, 2.45) is 0 Å². The summed E-state index contributed by atoms with van der Waals surface area (Å²) in [6, 6.07) is 75.4. The number of hydrogen-bond donors (Lipinski definition) is 0. The molecule has 0 unspecified atom stereocenters. The Morgan fingerprint density at radius 1 is 0.355 bits per heavy atom. The molecule has 0 saturated carbocycles. The van der Waals surface area contributed by atoms with E-state index in [1.807, 2.05) is 0 Å². The molecule has 294 valence electrons. The van der Waals surface area contributed by atoms with E-state index in [1.54, 1.807) is 0 Å². The Bertz CT molecular complexity index is 3690. The SMILES string of the molecule is CC(C)(C)c1ccc(-n2c(-c3ccc(-c4ccc(-c5ccc6c(c5)c5ccccc5n6-c5ccccc5)c5ccccc45)cc3)nc3c4ccccc4c4ccccc4c32)cc1. The van der Waals surface area contributed by atoms with E-state index in [4.69, 9.17) is 4.98 Å². The van der Waals surface area contributed by atoms with Gasteiger partial charge in [0.1, 0.15) is 5.82 Å². The van der Waals surface area contributed by atoms with E-state index in [9.17, 15) is 0 Å². The number of fused-ring (bicyclic) bond motifs is 10. The zero-order valence-electron chi connectivity index (χ0n) is 35.0. The predicted molar refractivity (Wildman–Crippen MR) is 263 cm³/mol. The van der Waals surface area contributed by atoms with Gasteiger partial charge in [-0.3, -0.25) is 4.57 Å². The standard InChI is InChI=1S/C59H43N3/c1-59(2,3)41-30-32-43(33-31-41)62-57-52-23-12-10-20-49(52)48-19-9-11-22-51(48)56(57)60-58(62)39-27-25-38(26-28-39)44-34-35-45(47-18-8-7-17-46(44)47)40-29-36-55-53(37-40)50-21-13-14-24-54(50)61(55)42-15-5-4-6-16-42/h4-37H,1-3H3. The summed E-state index contributed by atoms with van der Waals surface area (Å²) in [7, 11) is 0. The number of para-hydroxylation sites is 2. The van der Waals surface area contributed by atoms with Crippen molar-refractivity contribution in [1.82, 2.24) is 14.1 Å². The second kappa shape index (κ2) is 13.9. The molecule has 12 rings (SSSR count). The lowest BCUT2D eigenvalue weighted by Crippen LogP contribution is -2.11. The fraction of sp³-hybridized carbons (Fsp3) is 0.0678. The summed E-state index contributed by atoms with van der Waals surface area (Å²) in [6.07, 6.45) is 0. The third kappa shape index (κ3) is 5.62. The van der Waals surface area contributed by atoms with Gasteiger partial charge in [0.15, 0.2) is 0 Å². The van der Waals surface area contributed by atoms with Gasteiger partial charge in [-0.2, -0.15) is 0 Å². The van der Waals surface area contributed by atoms with E-state index in [0.29, 0.717) is 0 Å². The van der Waals surface area contributed by atoms with E-state index in [0.717, 1.165) is 33.5 Å². The summed E-state index contributed by atoms with van der Waals surface area (Å²) < 4.78 is 4.76. The highest BCUT2D eigenvalue weighted by Gasteiger charge is 2.22. The highest BCUT2D eigenvalue weighted by Crippen LogP contribution is 2.42. The molecule has 0 aliphatic carbocycles. The van der Waals surface area contributed by atoms with Gasteiger partial charge in [0.2, 0.25) is 0 Å². The number of aromatic nitrogens is 3. The van der Waals surface area contributed by atoms with Crippen LogP contribution >= 0.6 is 0 Å². The van der Waals surface area contributed by atoms with Crippen LogP contribution in [0.15, 0.2) is 206 Å². The molecule has 0 atom stereocenters. The quantitative estimate of drug-likeness (QED) is 0.159. The number of rotatable bonds is 5.